The third kappa shape index (κ3) is 1.31. The van der Waals surface area contributed by atoms with E-state index in [-0.39, 0.29) is 23.9 Å². The maximum Gasteiger partial charge on any atom is 0.334 e. The summed E-state index contributed by atoms with van der Waals surface area (Å²) in [5.74, 6) is -0.435. The maximum absolute atomic E-state index is 11.7. The van der Waals surface area contributed by atoms with Crippen molar-refractivity contribution in [1.82, 2.24) is 0 Å². The van der Waals surface area contributed by atoms with Crippen molar-refractivity contribution >= 4 is 5.97 Å². The largest absolute Gasteiger partial charge is 0.458 e. The molecule has 1 N–H and O–H groups in total. The molecule has 0 amide bonds. The standard InChI is InChI=1S/C15H18O3/c1-8-6-7-15(17)9(2)4-5-11-10(3)14(16)18-13(11)12(8)15/h6,11-13,17H,2-5,7H2,1H3. The van der Waals surface area contributed by atoms with Crippen LogP contribution in [0.25, 0.3) is 0 Å². The quantitative estimate of drug-likeness (QED) is 0.404. The molecule has 0 bridgehead atoms. The number of carbonyl (C=O) groups is 1. The van der Waals surface area contributed by atoms with E-state index >= 15 is 0 Å². The van der Waals surface area contributed by atoms with Gasteiger partial charge in [0.25, 0.3) is 0 Å². The molecule has 0 radical (unpaired) electrons. The molecule has 1 aliphatic heterocycles. The van der Waals surface area contributed by atoms with Crippen LogP contribution in [0.3, 0.4) is 0 Å². The Labute approximate surface area is 107 Å². The second kappa shape index (κ2) is 3.58. The Bertz CT molecular complexity index is 488. The number of aliphatic hydroxyl groups is 1. The lowest BCUT2D eigenvalue weighted by Gasteiger charge is -2.35. The Morgan fingerprint density at radius 1 is 1.50 bits per heavy atom. The van der Waals surface area contributed by atoms with Crippen molar-refractivity contribution in [2.24, 2.45) is 11.8 Å². The molecular formula is C15H18O3. The van der Waals surface area contributed by atoms with Crippen LogP contribution in [0.4, 0.5) is 0 Å². The first-order valence-corrected chi connectivity index (χ1v) is 6.42. The van der Waals surface area contributed by atoms with Crippen LogP contribution in [0.5, 0.6) is 0 Å². The van der Waals surface area contributed by atoms with Gasteiger partial charge in [-0.05, 0) is 31.8 Å². The fraction of sp³-hybridized carbons (Fsp3) is 0.533. The third-order valence-electron chi connectivity index (χ3n) is 4.79. The number of rotatable bonds is 0. The van der Waals surface area contributed by atoms with E-state index in [2.05, 4.69) is 13.2 Å². The summed E-state index contributed by atoms with van der Waals surface area (Å²) in [6, 6.07) is 0. The first-order valence-electron chi connectivity index (χ1n) is 6.42. The predicted octanol–water partition coefficient (Wildman–Crippen LogP) is 2.13. The van der Waals surface area contributed by atoms with E-state index in [0.717, 1.165) is 24.0 Å². The molecule has 1 saturated heterocycles. The number of ether oxygens (including phenoxy) is 1. The number of carbonyl (C=O) groups excluding carboxylic acids is 1. The van der Waals surface area contributed by atoms with Gasteiger partial charge in [-0.2, -0.15) is 0 Å². The summed E-state index contributed by atoms with van der Waals surface area (Å²) in [4.78, 5) is 11.7. The van der Waals surface area contributed by atoms with Crippen LogP contribution in [0.2, 0.25) is 0 Å². The molecule has 0 aromatic rings. The zero-order valence-corrected chi connectivity index (χ0v) is 10.6. The topological polar surface area (TPSA) is 46.5 Å². The van der Waals surface area contributed by atoms with Crippen molar-refractivity contribution in [1.29, 1.82) is 0 Å². The van der Waals surface area contributed by atoms with Crippen LogP contribution in [0.1, 0.15) is 26.2 Å². The molecule has 3 aliphatic rings. The van der Waals surface area contributed by atoms with Gasteiger partial charge in [0, 0.05) is 11.5 Å². The van der Waals surface area contributed by atoms with Crippen LogP contribution in [-0.4, -0.2) is 22.8 Å². The summed E-state index contributed by atoms with van der Waals surface area (Å²) < 4.78 is 5.47. The molecule has 4 unspecified atom stereocenters. The second-order valence-electron chi connectivity index (χ2n) is 5.70. The molecule has 1 heterocycles. The highest BCUT2D eigenvalue weighted by Crippen LogP contribution is 2.52. The van der Waals surface area contributed by atoms with E-state index in [1.165, 1.54) is 0 Å². The monoisotopic (exact) mass is 246 g/mol. The van der Waals surface area contributed by atoms with Crippen LogP contribution in [0.15, 0.2) is 36.0 Å². The lowest BCUT2D eigenvalue weighted by atomic mass is 9.77. The number of fused-ring (bicyclic) bond motifs is 3. The average Bonchev–Trinajstić information content (AvgIpc) is 2.73. The molecule has 18 heavy (non-hydrogen) atoms. The molecule has 96 valence electrons. The lowest BCUT2D eigenvalue weighted by Crippen LogP contribution is -2.43. The maximum atomic E-state index is 11.7. The summed E-state index contributed by atoms with van der Waals surface area (Å²) in [6.07, 6.45) is 3.86. The Morgan fingerprint density at radius 3 is 2.94 bits per heavy atom. The summed E-state index contributed by atoms with van der Waals surface area (Å²) >= 11 is 0. The van der Waals surface area contributed by atoms with Gasteiger partial charge in [-0.1, -0.05) is 24.8 Å². The predicted molar refractivity (Wildman–Crippen MR) is 67.7 cm³/mol. The first-order chi connectivity index (χ1) is 8.45. The molecule has 1 saturated carbocycles. The highest BCUT2D eigenvalue weighted by Gasteiger charge is 2.56. The van der Waals surface area contributed by atoms with E-state index < -0.39 is 5.60 Å². The summed E-state index contributed by atoms with van der Waals surface area (Å²) in [6.45, 7) is 9.88. The molecule has 2 fully saturated rings. The second-order valence-corrected chi connectivity index (χ2v) is 5.70. The SMILES string of the molecule is C=C1C(=O)OC2C1CCC(=C)C1(O)CC=C(C)C21. The normalized spacial score (nSPS) is 43.1. The Morgan fingerprint density at radius 2 is 2.22 bits per heavy atom. The van der Waals surface area contributed by atoms with E-state index in [9.17, 15) is 9.90 Å². The highest BCUT2D eigenvalue weighted by atomic mass is 16.6. The molecule has 0 aromatic heterocycles. The molecule has 3 nitrogen and oxygen atoms in total. The van der Waals surface area contributed by atoms with Gasteiger partial charge in [-0.25, -0.2) is 4.79 Å². The molecule has 2 aliphatic carbocycles. The van der Waals surface area contributed by atoms with E-state index in [0.29, 0.717) is 12.0 Å². The van der Waals surface area contributed by atoms with Gasteiger partial charge in [0.2, 0.25) is 0 Å². The van der Waals surface area contributed by atoms with Crippen molar-refractivity contribution in [3.05, 3.63) is 36.0 Å². The Balaban J connectivity index is 2.07. The van der Waals surface area contributed by atoms with Crippen molar-refractivity contribution in [2.75, 3.05) is 0 Å². The van der Waals surface area contributed by atoms with Gasteiger partial charge >= 0.3 is 5.97 Å². The van der Waals surface area contributed by atoms with Crippen LogP contribution in [-0.2, 0) is 9.53 Å². The van der Waals surface area contributed by atoms with Gasteiger partial charge in [0.1, 0.15) is 6.10 Å². The van der Waals surface area contributed by atoms with Crippen LogP contribution < -0.4 is 0 Å². The molecule has 4 atom stereocenters. The van der Waals surface area contributed by atoms with Gasteiger partial charge in [-0.3, -0.25) is 0 Å². The van der Waals surface area contributed by atoms with E-state index in [1.807, 2.05) is 13.0 Å². The minimum absolute atomic E-state index is 0.0229. The molecular weight excluding hydrogens is 228 g/mol. The van der Waals surface area contributed by atoms with Gasteiger partial charge in [0.05, 0.1) is 11.5 Å². The van der Waals surface area contributed by atoms with Gasteiger partial charge < -0.3 is 9.84 Å². The summed E-state index contributed by atoms with van der Waals surface area (Å²) in [5, 5.41) is 10.9. The molecule has 3 rings (SSSR count). The average molecular weight is 246 g/mol. The summed E-state index contributed by atoms with van der Waals surface area (Å²) in [5.41, 5.74) is 1.57. The van der Waals surface area contributed by atoms with Crippen LogP contribution >= 0.6 is 0 Å². The number of hydrogen-bond donors (Lipinski definition) is 1. The van der Waals surface area contributed by atoms with Crippen LogP contribution in [0, 0.1) is 11.8 Å². The fourth-order valence-corrected chi connectivity index (χ4v) is 3.66. The Kier molecular flexibility index (Phi) is 2.33. The van der Waals surface area contributed by atoms with Crippen molar-refractivity contribution in [3.8, 4) is 0 Å². The minimum Gasteiger partial charge on any atom is -0.458 e. The van der Waals surface area contributed by atoms with Crippen molar-refractivity contribution in [2.45, 2.75) is 37.9 Å². The minimum atomic E-state index is -0.936. The summed E-state index contributed by atoms with van der Waals surface area (Å²) in [7, 11) is 0. The molecule has 0 aromatic carbocycles. The van der Waals surface area contributed by atoms with Crippen molar-refractivity contribution in [3.63, 3.8) is 0 Å². The third-order valence-corrected chi connectivity index (χ3v) is 4.79. The lowest BCUT2D eigenvalue weighted by molar-refractivity contribution is -0.143. The van der Waals surface area contributed by atoms with Gasteiger partial charge in [0.15, 0.2) is 0 Å². The zero-order chi connectivity index (χ0) is 13.1. The van der Waals surface area contributed by atoms with Crippen molar-refractivity contribution < 1.29 is 14.6 Å². The smallest absolute Gasteiger partial charge is 0.334 e. The Hall–Kier alpha value is -1.35. The molecule has 0 spiro atoms. The number of hydrogen-bond acceptors (Lipinski definition) is 3. The molecule has 3 heteroatoms. The number of esters is 1. The zero-order valence-electron chi connectivity index (χ0n) is 10.6. The van der Waals surface area contributed by atoms with Gasteiger partial charge in [-0.15, -0.1) is 0 Å². The highest BCUT2D eigenvalue weighted by molar-refractivity contribution is 5.91. The van der Waals surface area contributed by atoms with E-state index in [4.69, 9.17) is 4.74 Å². The fourth-order valence-electron chi connectivity index (χ4n) is 3.66. The first kappa shape index (κ1) is 11.7. The van der Waals surface area contributed by atoms with E-state index in [1.54, 1.807) is 0 Å².